The van der Waals surface area contributed by atoms with Gasteiger partial charge in [0.05, 0.1) is 6.04 Å². The number of thiophene rings is 1. The van der Waals surface area contributed by atoms with Crippen molar-refractivity contribution in [2.24, 2.45) is 5.92 Å². The van der Waals surface area contributed by atoms with Crippen molar-refractivity contribution in [3.63, 3.8) is 0 Å². The molecule has 1 N–H and O–H groups in total. The van der Waals surface area contributed by atoms with Crippen molar-refractivity contribution in [2.45, 2.75) is 31.7 Å². The van der Waals surface area contributed by atoms with Crippen LogP contribution < -0.4 is 14.8 Å². The summed E-state index contributed by atoms with van der Waals surface area (Å²) in [6.45, 7) is 1.12. The maximum Gasteiger partial charge on any atom is 0.248 e. The number of carbonyl (C=O) groups excluding carboxylic acids is 1. The minimum atomic E-state index is -0.0212. The minimum absolute atomic E-state index is 0.0117. The van der Waals surface area contributed by atoms with E-state index in [2.05, 4.69) is 15.5 Å². The van der Waals surface area contributed by atoms with Crippen LogP contribution in [0, 0.1) is 5.92 Å². The van der Waals surface area contributed by atoms with Gasteiger partial charge in [-0.2, -0.15) is 11.3 Å². The van der Waals surface area contributed by atoms with E-state index in [4.69, 9.17) is 13.9 Å². The standard InChI is InChI=1S/C21H21N3O4S/c25-18(5-6-19-23-24-21(28-19)15-7-10-29-12-15)22-20(13-1-2-13)14-3-4-16-17(11-14)27-9-8-26-16/h3-4,7,10-13,20H,1-2,5-6,8-9H2,(H,22,25). The van der Waals surface area contributed by atoms with Gasteiger partial charge in [-0.1, -0.05) is 6.07 Å². The van der Waals surface area contributed by atoms with E-state index in [9.17, 15) is 4.79 Å². The molecule has 0 bridgehead atoms. The van der Waals surface area contributed by atoms with Gasteiger partial charge in [0.15, 0.2) is 11.5 Å². The van der Waals surface area contributed by atoms with Crippen LogP contribution in [-0.4, -0.2) is 29.3 Å². The highest BCUT2D eigenvalue weighted by atomic mass is 32.1. The smallest absolute Gasteiger partial charge is 0.248 e. The van der Waals surface area contributed by atoms with E-state index in [1.165, 1.54) is 0 Å². The van der Waals surface area contributed by atoms with E-state index >= 15 is 0 Å². The molecule has 1 fully saturated rings. The van der Waals surface area contributed by atoms with Gasteiger partial charge in [-0.3, -0.25) is 4.79 Å². The maximum absolute atomic E-state index is 12.6. The molecule has 29 heavy (non-hydrogen) atoms. The molecule has 1 aliphatic carbocycles. The monoisotopic (exact) mass is 411 g/mol. The van der Waals surface area contributed by atoms with Crippen molar-refractivity contribution >= 4 is 17.2 Å². The first-order chi connectivity index (χ1) is 14.3. The molecule has 7 nitrogen and oxygen atoms in total. The summed E-state index contributed by atoms with van der Waals surface area (Å²) in [5.74, 6) is 2.93. The lowest BCUT2D eigenvalue weighted by Gasteiger charge is -2.23. The van der Waals surface area contributed by atoms with Crippen molar-refractivity contribution in [3.05, 3.63) is 46.5 Å². The zero-order chi connectivity index (χ0) is 19.6. The zero-order valence-corrected chi connectivity index (χ0v) is 16.6. The Bertz CT molecular complexity index is 997. The number of fused-ring (bicyclic) bond motifs is 1. The largest absolute Gasteiger partial charge is 0.486 e. The van der Waals surface area contributed by atoms with Crippen LogP contribution in [0.3, 0.4) is 0 Å². The van der Waals surface area contributed by atoms with Crippen molar-refractivity contribution in [1.82, 2.24) is 15.5 Å². The molecular weight excluding hydrogens is 390 g/mol. The van der Waals surface area contributed by atoms with E-state index < -0.39 is 0 Å². The first-order valence-electron chi connectivity index (χ1n) is 9.80. The van der Waals surface area contributed by atoms with Gasteiger partial charge >= 0.3 is 0 Å². The summed E-state index contributed by atoms with van der Waals surface area (Å²) in [6.07, 6.45) is 2.96. The second-order valence-corrected chi connectivity index (χ2v) is 8.08. The number of aryl methyl sites for hydroxylation is 1. The van der Waals surface area contributed by atoms with E-state index in [1.807, 2.05) is 35.0 Å². The van der Waals surface area contributed by atoms with Crippen LogP contribution in [0.5, 0.6) is 11.5 Å². The van der Waals surface area contributed by atoms with Crippen molar-refractivity contribution in [1.29, 1.82) is 0 Å². The maximum atomic E-state index is 12.6. The number of nitrogens with zero attached hydrogens (tertiary/aromatic N) is 2. The van der Waals surface area contributed by atoms with Gasteiger partial charge in [0.2, 0.25) is 17.7 Å². The molecule has 0 spiro atoms. The molecule has 0 radical (unpaired) electrons. The van der Waals surface area contributed by atoms with Gasteiger partial charge in [0.25, 0.3) is 0 Å². The zero-order valence-electron chi connectivity index (χ0n) is 15.8. The fraction of sp³-hybridized carbons (Fsp3) is 0.381. The summed E-state index contributed by atoms with van der Waals surface area (Å²) in [5, 5.41) is 15.2. The van der Waals surface area contributed by atoms with Crippen molar-refractivity contribution in [3.8, 4) is 23.0 Å². The van der Waals surface area contributed by atoms with Crippen molar-refractivity contribution in [2.75, 3.05) is 13.2 Å². The van der Waals surface area contributed by atoms with E-state index in [0.29, 0.717) is 43.8 Å². The molecule has 1 unspecified atom stereocenters. The fourth-order valence-electron chi connectivity index (χ4n) is 3.48. The summed E-state index contributed by atoms with van der Waals surface area (Å²) in [4.78, 5) is 12.6. The molecule has 1 aromatic carbocycles. The average molecular weight is 411 g/mol. The highest BCUT2D eigenvalue weighted by molar-refractivity contribution is 7.08. The van der Waals surface area contributed by atoms with E-state index in [0.717, 1.165) is 35.5 Å². The molecule has 1 saturated carbocycles. The SMILES string of the molecule is O=C(CCc1nnc(-c2ccsc2)o1)NC(c1ccc2c(c1)OCCO2)C1CC1. The summed E-state index contributed by atoms with van der Waals surface area (Å²) in [7, 11) is 0. The Morgan fingerprint density at radius 3 is 2.83 bits per heavy atom. The predicted molar refractivity (Wildman–Crippen MR) is 107 cm³/mol. The van der Waals surface area contributed by atoms with Gasteiger partial charge in [-0.15, -0.1) is 10.2 Å². The number of carbonyl (C=O) groups is 1. The Kier molecular flexibility index (Phi) is 4.93. The molecule has 8 heteroatoms. The lowest BCUT2D eigenvalue weighted by atomic mass is 10.0. The number of rotatable bonds is 7. The van der Waals surface area contributed by atoms with Crippen LogP contribution in [0.15, 0.2) is 39.4 Å². The summed E-state index contributed by atoms with van der Waals surface area (Å²) >= 11 is 1.58. The summed E-state index contributed by atoms with van der Waals surface area (Å²) in [6, 6.07) is 7.85. The van der Waals surface area contributed by atoms with Crippen LogP contribution in [0.25, 0.3) is 11.5 Å². The lowest BCUT2D eigenvalue weighted by Crippen LogP contribution is -2.30. The predicted octanol–water partition coefficient (Wildman–Crippen LogP) is 3.77. The summed E-state index contributed by atoms with van der Waals surface area (Å²) in [5.41, 5.74) is 1.97. The molecule has 5 rings (SSSR count). The molecule has 1 atom stereocenters. The third-order valence-electron chi connectivity index (χ3n) is 5.14. The third kappa shape index (κ3) is 4.12. The van der Waals surface area contributed by atoms with Crippen LogP contribution >= 0.6 is 11.3 Å². The van der Waals surface area contributed by atoms with Gasteiger partial charge in [0.1, 0.15) is 13.2 Å². The molecule has 2 aromatic heterocycles. The number of aromatic nitrogens is 2. The molecule has 0 saturated heterocycles. The van der Waals surface area contributed by atoms with Crippen molar-refractivity contribution < 1.29 is 18.7 Å². The lowest BCUT2D eigenvalue weighted by molar-refractivity contribution is -0.122. The first kappa shape index (κ1) is 18.2. The third-order valence-corrected chi connectivity index (χ3v) is 5.82. The highest BCUT2D eigenvalue weighted by Crippen LogP contribution is 2.43. The van der Waals surface area contributed by atoms with Gasteiger partial charge in [0, 0.05) is 23.8 Å². The molecular formula is C21H21N3O4S. The number of ether oxygens (including phenoxy) is 2. The Balaban J connectivity index is 1.22. The number of benzene rings is 1. The molecule has 1 amide bonds. The molecule has 1 aliphatic heterocycles. The van der Waals surface area contributed by atoms with Gasteiger partial charge in [-0.25, -0.2) is 0 Å². The van der Waals surface area contributed by atoms with E-state index in [1.54, 1.807) is 11.3 Å². The fourth-order valence-corrected chi connectivity index (χ4v) is 4.11. The number of nitrogens with one attached hydrogen (secondary N) is 1. The second-order valence-electron chi connectivity index (χ2n) is 7.30. The van der Waals surface area contributed by atoms with Crippen LogP contribution in [0.2, 0.25) is 0 Å². The number of hydrogen-bond donors (Lipinski definition) is 1. The quantitative estimate of drug-likeness (QED) is 0.637. The second kappa shape index (κ2) is 7.87. The van der Waals surface area contributed by atoms with Gasteiger partial charge < -0.3 is 19.2 Å². The molecule has 2 aliphatic rings. The normalized spacial score (nSPS) is 16.4. The summed E-state index contributed by atoms with van der Waals surface area (Å²) < 4.78 is 17.0. The Morgan fingerprint density at radius 1 is 1.17 bits per heavy atom. The average Bonchev–Trinajstić information content (AvgIpc) is 3.24. The van der Waals surface area contributed by atoms with Crippen LogP contribution in [0.1, 0.15) is 36.8 Å². The van der Waals surface area contributed by atoms with Crippen LogP contribution in [-0.2, 0) is 11.2 Å². The van der Waals surface area contributed by atoms with Gasteiger partial charge in [-0.05, 0) is 47.9 Å². The Labute approximate surface area is 172 Å². The topological polar surface area (TPSA) is 86.5 Å². The van der Waals surface area contributed by atoms with Crippen LogP contribution in [0.4, 0.5) is 0 Å². The number of amides is 1. The molecule has 150 valence electrons. The first-order valence-corrected chi connectivity index (χ1v) is 10.7. The minimum Gasteiger partial charge on any atom is -0.486 e. The molecule has 3 aromatic rings. The van der Waals surface area contributed by atoms with E-state index in [-0.39, 0.29) is 11.9 Å². The number of hydrogen-bond acceptors (Lipinski definition) is 7. The molecule has 3 heterocycles. The Hall–Kier alpha value is -2.87. The highest BCUT2D eigenvalue weighted by Gasteiger charge is 2.34. The Morgan fingerprint density at radius 2 is 2.03 bits per heavy atom.